The molecule has 1 aliphatic carbocycles. The second-order valence-corrected chi connectivity index (χ2v) is 9.35. The number of carbonyl (C=O) groups is 2. The van der Waals surface area contributed by atoms with Crippen molar-refractivity contribution in [3.63, 3.8) is 0 Å². The molecule has 0 bridgehead atoms. The third kappa shape index (κ3) is 3.08. The fourth-order valence-electron chi connectivity index (χ4n) is 5.15. The summed E-state index contributed by atoms with van der Waals surface area (Å²) in [6.45, 7) is 8.07. The molecule has 10 nitrogen and oxygen atoms in total. The first-order valence-corrected chi connectivity index (χ1v) is 11.5. The van der Waals surface area contributed by atoms with E-state index in [1.807, 2.05) is 0 Å². The number of aliphatic hydroxyl groups excluding tert-OH is 1. The van der Waals surface area contributed by atoms with E-state index in [1.165, 1.54) is 19.9 Å². The molecule has 1 unspecified atom stereocenters. The number of hydrogen-bond acceptors (Lipinski definition) is 10. The van der Waals surface area contributed by atoms with Gasteiger partial charge in [0.2, 0.25) is 6.29 Å². The maximum atomic E-state index is 13.4. The second kappa shape index (κ2) is 7.95. The molecule has 3 N–H and O–H groups in total. The van der Waals surface area contributed by atoms with Gasteiger partial charge in [-0.1, -0.05) is 6.08 Å². The van der Waals surface area contributed by atoms with Gasteiger partial charge in [-0.15, -0.1) is 0 Å². The maximum absolute atomic E-state index is 13.4. The largest absolute Gasteiger partial charge is 0.504 e. The topological polar surface area (TPSA) is 152 Å². The van der Waals surface area contributed by atoms with Gasteiger partial charge in [0.05, 0.1) is 17.2 Å². The van der Waals surface area contributed by atoms with E-state index in [0.717, 1.165) is 6.07 Å². The first-order valence-electron chi connectivity index (χ1n) is 11.5. The zero-order valence-corrected chi connectivity index (χ0v) is 20.3. The quantitative estimate of drug-likeness (QED) is 0.352. The molecule has 0 spiro atoms. The van der Waals surface area contributed by atoms with E-state index in [9.17, 15) is 29.7 Å². The Hall–Kier alpha value is -3.60. The van der Waals surface area contributed by atoms with Gasteiger partial charge in [0.15, 0.2) is 34.4 Å². The van der Waals surface area contributed by atoms with Gasteiger partial charge >= 0.3 is 5.97 Å². The summed E-state index contributed by atoms with van der Waals surface area (Å²) < 4.78 is 16.8. The molecular formula is C26H25NO9. The lowest BCUT2D eigenvalue weighted by Gasteiger charge is -2.44. The molecule has 2 aliphatic heterocycles. The number of aliphatic hydroxyl groups is 2. The lowest BCUT2D eigenvalue weighted by Crippen LogP contribution is -2.64. The average molecular weight is 495 g/mol. The Morgan fingerprint density at radius 3 is 2.56 bits per heavy atom. The van der Waals surface area contributed by atoms with Crippen LogP contribution in [0.4, 0.5) is 0 Å². The van der Waals surface area contributed by atoms with Crippen molar-refractivity contribution in [1.82, 2.24) is 4.98 Å². The molecule has 5 rings (SSSR count). The monoisotopic (exact) mass is 495 g/mol. The van der Waals surface area contributed by atoms with Gasteiger partial charge < -0.3 is 29.5 Å². The molecule has 0 radical (unpaired) electrons. The van der Waals surface area contributed by atoms with Crippen LogP contribution in [-0.4, -0.2) is 56.7 Å². The van der Waals surface area contributed by atoms with Crippen LogP contribution in [0, 0.1) is 13.8 Å². The number of ketones is 1. The molecular weight excluding hydrogens is 470 g/mol. The van der Waals surface area contributed by atoms with E-state index in [-0.39, 0.29) is 22.3 Å². The lowest BCUT2D eigenvalue weighted by atomic mass is 9.82. The summed E-state index contributed by atoms with van der Waals surface area (Å²) in [5.74, 6) is -2.20. The highest BCUT2D eigenvalue weighted by atomic mass is 16.7. The number of carbonyl (C=O) groups excluding carboxylic acids is 2. The Kier molecular flexibility index (Phi) is 5.33. The van der Waals surface area contributed by atoms with Crippen LogP contribution in [0.5, 0.6) is 11.5 Å². The number of pyridine rings is 1. The van der Waals surface area contributed by atoms with Gasteiger partial charge in [0.25, 0.3) is 0 Å². The van der Waals surface area contributed by atoms with E-state index in [0.29, 0.717) is 17.0 Å². The highest BCUT2D eigenvalue weighted by Crippen LogP contribution is 2.54. The first-order chi connectivity index (χ1) is 16.9. The first kappa shape index (κ1) is 24.1. The molecule has 0 saturated carbocycles. The Bertz CT molecular complexity index is 1450. The highest BCUT2D eigenvalue weighted by Gasteiger charge is 2.64. The molecule has 0 amide bonds. The Balaban J connectivity index is 1.70. The molecule has 1 saturated heterocycles. The smallest absolute Gasteiger partial charge is 0.333 e. The maximum Gasteiger partial charge on any atom is 0.333 e. The Morgan fingerprint density at radius 2 is 1.89 bits per heavy atom. The van der Waals surface area contributed by atoms with Crippen molar-refractivity contribution in [3.05, 3.63) is 62.1 Å². The van der Waals surface area contributed by atoms with Gasteiger partial charge in [0, 0.05) is 33.7 Å². The minimum atomic E-state index is -2.49. The van der Waals surface area contributed by atoms with Crippen LogP contribution < -0.4 is 10.2 Å². The molecule has 1 aromatic carbocycles. The number of aromatic nitrogens is 1. The molecule has 2 aromatic rings. The minimum absolute atomic E-state index is 0.0680. The molecule has 3 heterocycles. The van der Waals surface area contributed by atoms with Crippen LogP contribution in [0.1, 0.15) is 53.6 Å². The highest BCUT2D eigenvalue weighted by molar-refractivity contribution is 6.23. The summed E-state index contributed by atoms with van der Waals surface area (Å²) in [5.41, 5.74) is -1.90. The van der Waals surface area contributed by atoms with E-state index >= 15 is 0 Å². The van der Waals surface area contributed by atoms with E-state index in [4.69, 9.17) is 14.2 Å². The van der Waals surface area contributed by atoms with Gasteiger partial charge in [-0.3, -0.25) is 14.6 Å². The van der Waals surface area contributed by atoms with Crippen LogP contribution in [0.3, 0.4) is 0 Å². The number of fused-ring (bicyclic) bond motifs is 6. The van der Waals surface area contributed by atoms with E-state index in [1.54, 1.807) is 26.8 Å². The molecule has 188 valence electrons. The standard InChI is InChI=1S/C26H25NO9/c1-6-9(2)24(32)35-21-12(5)34-25-26(33,23(21)31)18-15(28)8-14-17(20(30)22(18)36-25)13-7-10(3)27-11(4)16(13)19(14)29/h6-8,12,21,23,25,30-31,33H,1-5H3/b9-6-/t12-,21?,23-,25+,26-/m1/s1. The number of esters is 1. The van der Waals surface area contributed by atoms with Gasteiger partial charge in [0.1, 0.15) is 6.10 Å². The third-order valence-electron chi connectivity index (χ3n) is 7.09. The molecule has 36 heavy (non-hydrogen) atoms. The zero-order valence-electron chi connectivity index (χ0n) is 20.3. The van der Waals surface area contributed by atoms with Crippen LogP contribution in [0.2, 0.25) is 0 Å². The van der Waals surface area contributed by atoms with E-state index in [2.05, 4.69) is 4.98 Å². The summed E-state index contributed by atoms with van der Waals surface area (Å²) in [5, 5.41) is 34.2. The molecule has 10 heteroatoms. The summed E-state index contributed by atoms with van der Waals surface area (Å²) >= 11 is 0. The van der Waals surface area contributed by atoms with Crippen LogP contribution in [0.25, 0.3) is 11.1 Å². The van der Waals surface area contributed by atoms with Gasteiger partial charge in [-0.2, -0.15) is 0 Å². The second-order valence-electron chi connectivity index (χ2n) is 9.35. The molecule has 1 aromatic heterocycles. The zero-order chi connectivity index (χ0) is 26.3. The SMILES string of the molecule is C/C=C(/C)C(=O)OC1[C@@H](O)[C@]2(O)c3c(c(O)c4c(cc3=O)C(=O)c3c-4cc(C)nc3C)O[C@@H]2O[C@@H]1C. The number of aryl methyl sites for hydroxylation is 2. The van der Waals surface area contributed by atoms with Gasteiger partial charge in [-0.25, -0.2) is 4.79 Å². The van der Waals surface area contributed by atoms with Crippen molar-refractivity contribution in [1.29, 1.82) is 0 Å². The normalized spacial score (nSPS) is 28.1. The predicted octanol–water partition coefficient (Wildman–Crippen LogP) is 1.54. The number of hydrogen-bond donors (Lipinski definition) is 3. The summed E-state index contributed by atoms with van der Waals surface area (Å²) in [4.78, 5) is 43.3. The molecule has 1 fully saturated rings. The fourth-order valence-corrected chi connectivity index (χ4v) is 5.15. The van der Waals surface area contributed by atoms with Crippen molar-refractivity contribution in [2.75, 3.05) is 0 Å². The molecule has 5 atom stereocenters. The van der Waals surface area contributed by atoms with Crippen molar-refractivity contribution in [2.24, 2.45) is 0 Å². The minimum Gasteiger partial charge on any atom is -0.504 e. The number of rotatable bonds is 2. The van der Waals surface area contributed by atoms with Crippen molar-refractivity contribution >= 4 is 11.8 Å². The summed E-state index contributed by atoms with van der Waals surface area (Å²) in [7, 11) is 0. The number of allylic oxidation sites excluding steroid dienone is 1. The Labute approximate surface area is 205 Å². The summed E-state index contributed by atoms with van der Waals surface area (Å²) in [6.07, 6.45) is -4.19. The molecule has 3 aliphatic rings. The Morgan fingerprint density at radius 1 is 1.19 bits per heavy atom. The summed E-state index contributed by atoms with van der Waals surface area (Å²) in [6, 6.07) is 2.62. The lowest BCUT2D eigenvalue weighted by molar-refractivity contribution is -0.309. The van der Waals surface area contributed by atoms with Gasteiger partial charge in [-0.05, 0) is 46.8 Å². The number of ether oxygens (including phenoxy) is 3. The number of aromatic hydroxyl groups is 1. The predicted molar refractivity (Wildman–Crippen MR) is 125 cm³/mol. The van der Waals surface area contributed by atoms with Crippen LogP contribution >= 0.6 is 0 Å². The van der Waals surface area contributed by atoms with Crippen molar-refractivity contribution in [3.8, 4) is 22.6 Å². The third-order valence-corrected chi connectivity index (χ3v) is 7.09. The average Bonchev–Trinajstić information content (AvgIpc) is 3.23. The van der Waals surface area contributed by atoms with Crippen LogP contribution in [0.15, 0.2) is 28.6 Å². The van der Waals surface area contributed by atoms with E-state index < -0.39 is 64.4 Å². The fraction of sp³-hybridized carbons (Fsp3) is 0.385. The van der Waals surface area contributed by atoms with Crippen LogP contribution in [-0.2, 0) is 19.9 Å². The number of nitrogens with zero attached hydrogens (tertiary/aromatic N) is 1. The van der Waals surface area contributed by atoms with Crippen molar-refractivity contribution in [2.45, 2.75) is 64.8 Å². The van der Waals surface area contributed by atoms with Crippen molar-refractivity contribution < 1.29 is 39.1 Å².